The number of fused-ring (bicyclic) bond motifs is 3. The van der Waals surface area contributed by atoms with Crippen LogP contribution in [0.15, 0.2) is 66.9 Å². The zero-order valence-electron chi connectivity index (χ0n) is 20.4. The molecule has 0 spiro atoms. The first-order chi connectivity index (χ1) is 17.7. The molecule has 3 heterocycles. The maximum Gasteiger partial charge on any atom is 0.242 e. The summed E-state index contributed by atoms with van der Waals surface area (Å²) < 4.78 is 19.5. The number of benzene rings is 2. The van der Waals surface area contributed by atoms with Crippen molar-refractivity contribution in [2.24, 2.45) is 0 Å². The van der Waals surface area contributed by atoms with E-state index in [0.29, 0.717) is 43.7 Å². The monoisotopic (exact) mass is 486 g/mol. The lowest BCUT2D eigenvalue weighted by atomic mass is 10.2. The van der Waals surface area contributed by atoms with Crippen LogP contribution in [0.5, 0.6) is 17.4 Å². The van der Waals surface area contributed by atoms with E-state index >= 15 is 0 Å². The Bertz CT molecular complexity index is 1340. The second-order valence-corrected chi connectivity index (χ2v) is 8.78. The van der Waals surface area contributed by atoms with Crippen molar-refractivity contribution in [1.29, 1.82) is 0 Å². The molecule has 5 rings (SSSR count). The van der Waals surface area contributed by atoms with Gasteiger partial charge in [-0.15, -0.1) is 0 Å². The molecule has 0 saturated heterocycles. The van der Waals surface area contributed by atoms with E-state index in [9.17, 15) is 4.79 Å². The number of ether oxygens (including phenoxy) is 3. The molecule has 0 atom stereocenters. The van der Waals surface area contributed by atoms with Crippen LogP contribution in [-0.2, 0) is 29.2 Å². The van der Waals surface area contributed by atoms with Crippen molar-refractivity contribution < 1.29 is 19.0 Å². The fourth-order valence-electron chi connectivity index (χ4n) is 4.43. The summed E-state index contributed by atoms with van der Waals surface area (Å²) in [5.41, 5.74) is 2.61. The quantitative estimate of drug-likeness (QED) is 0.406. The van der Waals surface area contributed by atoms with Gasteiger partial charge in [0.25, 0.3) is 0 Å². The van der Waals surface area contributed by atoms with Gasteiger partial charge in [0.15, 0.2) is 11.5 Å². The van der Waals surface area contributed by atoms with E-state index in [-0.39, 0.29) is 12.5 Å². The Balaban J connectivity index is 1.44. The largest absolute Gasteiger partial charge is 0.490 e. The molecule has 36 heavy (non-hydrogen) atoms. The van der Waals surface area contributed by atoms with Crippen LogP contribution in [0.1, 0.15) is 30.7 Å². The van der Waals surface area contributed by atoms with Crippen LogP contribution in [0, 0.1) is 0 Å². The third kappa shape index (κ3) is 5.33. The highest BCUT2D eigenvalue weighted by molar-refractivity contribution is 5.81. The standard InChI is InChI=1S/C28H30N4O4/c1-34-20-26-30-22-11-3-4-12-23(22)32(26)19-27(33)31-16-7-2-8-17-35-24-13-5-6-14-25(24)36-28-21(18-31)10-9-15-29-28/h3-6,9-15H,2,7-8,16-20H2,1H3. The average Bonchev–Trinajstić information content (AvgIpc) is 3.24. The van der Waals surface area contributed by atoms with Crippen molar-refractivity contribution in [2.75, 3.05) is 20.3 Å². The minimum atomic E-state index is 0.0110. The van der Waals surface area contributed by atoms with Crippen molar-refractivity contribution in [3.05, 3.63) is 78.2 Å². The molecule has 0 unspecified atom stereocenters. The van der Waals surface area contributed by atoms with E-state index in [1.807, 2.05) is 70.1 Å². The molecular formula is C28H30N4O4. The lowest BCUT2D eigenvalue weighted by molar-refractivity contribution is -0.132. The summed E-state index contributed by atoms with van der Waals surface area (Å²) in [5, 5.41) is 0. The second kappa shape index (κ2) is 11.2. The number of para-hydroxylation sites is 4. The summed E-state index contributed by atoms with van der Waals surface area (Å²) in [5.74, 6) is 2.52. The van der Waals surface area contributed by atoms with E-state index < -0.39 is 0 Å². The minimum absolute atomic E-state index is 0.0110. The Kier molecular flexibility index (Phi) is 7.42. The van der Waals surface area contributed by atoms with Crippen LogP contribution in [0.2, 0.25) is 0 Å². The van der Waals surface area contributed by atoms with E-state index in [1.165, 1.54) is 0 Å². The normalized spacial score (nSPS) is 14.4. The van der Waals surface area contributed by atoms with Gasteiger partial charge in [-0.1, -0.05) is 30.3 Å². The number of hydrogen-bond acceptors (Lipinski definition) is 6. The first-order valence-corrected chi connectivity index (χ1v) is 12.3. The molecule has 186 valence electrons. The van der Waals surface area contributed by atoms with Crippen LogP contribution in [0.25, 0.3) is 11.0 Å². The van der Waals surface area contributed by atoms with Gasteiger partial charge in [-0.3, -0.25) is 4.79 Å². The number of aromatic nitrogens is 3. The molecule has 0 aliphatic carbocycles. The molecule has 0 fully saturated rings. The molecule has 4 aromatic rings. The van der Waals surface area contributed by atoms with Crippen molar-refractivity contribution in [3.8, 4) is 17.4 Å². The number of nitrogens with zero attached hydrogens (tertiary/aromatic N) is 4. The third-order valence-electron chi connectivity index (χ3n) is 6.25. The first-order valence-electron chi connectivity index (χ1n) is 12.3. The highest BCUT2D eigenvalue weighted by atomic mass is 16.5. The fourth-order valence-corrected chi connectivity index (χ4v) is 4.43. The van der Waals surface area contributed by atoms with Crippen LogP contribution >= 0.6 is 0 Å². The van der Waals surface area contributed by atoms with E-state index in [1.54, 1.807) is 13.3 Å². The van der Waals surface area contributed by atoms with Gasteiger partial charge in [-0.2, -0.15) is 0 Å². The first kappa shape index (κ1) is 23.8. The second-order valence-electron chi connectivity index (χ2n) is 8.78. The molecule has 0 bridgehead atoms. The lowest BCUT2D eigenvalue weighted by Crippen LogP contribution is -2.35. The molecule has 2 aromatic heterocycles. The average molecular weight is 487 g/mol. The Morgan fingerprint density at radius 3 is 2.72 bits per heavy atom. The predicted molar refractivity (Wildman–Crippen MR) is 136 cm³/mol. The number of amides is 1. The van der Waals surface area contributed by atoms with E-state index in [0.717, 1.165) is 41.7 Å². The Hall–Kier alpha value is -3.91. The van der Waals surface area contributed by atoms with Crippen molar-refractivity contribution in [1.82, 2.24) is 19.4 Å². The molecule has 2 aromatic carbocycles. The van der Waals surface area contributed by atoms with Gasteiger partial charge in [0.05, 0.1) is 24.2 Å². The molecule has 1 aliphatic heterocycles. The SMILES string of the molecule is COCc1nc2ccccc2n1CC(=O)N1CCCCCOc2ccccc2Oc2ncccc2C1. The molecule has 0 radical (unpaired) electrons. The van der Waals surface area contributed by atoms with Gasteiger partial charge in [0, 0.05) is 25.4 Å². The van der Waals surface area contributed by atoms with Crippen molar-refractivity contribution in [3.63, 3.8) is 0 Å². The number of rotatable bonds is 4. The summed E-state index contributed by atoms with van der Waals surface area (Å²) in [6.45, 7) is 2.14. The maximum absolute atomic E-state index is 13.7. The highest BCUT2D eigenvalue weighted by Gasteiger charge is 2.21. The van der Waals surface area contributed by atoms with Gasteiger partial charge in [-0.05, 0) is 49.6 Å². The van der Waals surface area contributed by atoms with Gasteiger partial charge in [-0.25, -0.2) is 9.97 Å². The van der Waals surface area contributed by atoms with Gasteiger partial charge in [0.2, 0.25) is 11.8 Å². The number of methoxy groups -OCH3 is 1. The molecule has 1 aliphatic rings. The Labute approximate surface area is 210 Å². The minimum Gasteiger partial charge on any atom is -0.490 e. The number of carbonyl (C=O) groups excluding carboxylic acids is 1. The maximum atomic E-state index is 13.7. The van der Waals surface area contributed by atoms with Gasteiger partial charge < -0.3 is 23.7 Å². The van der Waals surface area contributed by atoms with Crippen LogP contribution in [0.3, 0.4) is 0 Å². The summed E-state index contributed by atoms with van der Waals surface area (Å²) in [4.78, 5) is 24.7. The highest BCUT2D eigenvalue weighted by Crippen LogP contribution is 2.32. The smallest absolute Gasteiger partial charge is 0.242 e. The fraction of sp³-hybridized carbons (Fsp3) is 0.321. The zero-order valence-corrected chi connectivity index (χ0v) is 20.4. The summed E-state index contributed by atoms with van der Waals surface area (Å²) >= 11 is 0. The molecule has 1 amide bonds. The summed E-state index contributed by atoms with van der Waals surface area (Å²) in [6.07, 6.45) is 4.42. The number of imidazole rings is 1. The van der Waals surface area contributed by atoms with Crippen molar-refractivity contribution >= 4 is 16.9 Å². The zero-order chi connectivity index (χ0) is 24.7. The third-order valence-corrected chi connectivity index (χ3v) is 6.25. The number of carbonyl (C=O) groups is 1. The molecular weight excluding hydrogens is 456 g/mol. The Morgan fingerprint density at radius 1 is 1.00 bits per heavy atom. The molecule has 8 heteroatoms. The van der Waals surface area contributed by atoms with Crippen LogP contribution in [-0.4, -0.2) is 45.6 Å². The molecule has 8 nitrogen and oxygen atoms in total. The van der Waals surface area contributed by atoms with Crippen LogP contribution < -0.4 is 9.47 Å². The summed E-state index contributed by atoms with van der Waals surface area (Å²) in [7, 11) is 1.64. The van der Waals surface area contributed by atoms with Crippen molar-refractivity contribution in [2.45, 2.75) is 39.0 Å². The number of pyridine rings is 1. The topological polar surface area (TPSA) is 78.7 Å². The predicted octanol–water partition coefficient (Wildman–Crippen LogP) is 4.96. The number of hydrogen-bond donors (Lipinski definition) is 0. The van der Waals surface area contributed by atoms with Crippen LogP contribution in [0.4, 0.5) is 0 Å². The summed E-state index contributed by atoms with van der Waals surface area (Å²) in [6, 6.07) is 19.3. The molecule has 0 N–H and O–H groups in total. The lowest BCUT2D eigenvalue weighted by Gasteiger charge is -2.24. The van der Waals surface area contributed by atoms with Gasteiger partial charge in [0.1, 0.15) is 19.0 Å². The Morgan fingerprint density at radius 2 is 1.83 bits per heavy atom. The van der Waals surface area contributed by atoms with Gasteiger partial charge >= 0.3 is 0 Å². The van der Waals surface area contributed by atoms with E-state index in [4.69, 9.17) is 14.2 Å². The van der Waals surface area contributed by atoms with E-state index in [2.05, 4.69) is 9.97 Å². The molecule has 0 saturated carbocycles.